The lowest BCUT2D eigenvalue weighted by atomic mass is 9.90. The minimum absolute atomic E-state index is 0.144. The number of nitrogens with zero attached hydrogens (tertiary/aromatic N) is 1. The Labute approximate surface area is 128 Å². The Morgan fingerprint density at radius 1 is 1.29 bits per heavy atom. The van der Waals surface area contributed by atoms with Crippen molar-refractivity contribution in [1.82, 2.24) is 10.2 Å². The second-order valence-corrected chi connectivity index (χ2v) is 7.75. The van der Waals surface area contributed by atoms with E-state index in [4.69, 9.17) is 9.47 Å². The van der Waals surface area contributed by atoms with Crippen molar-refractivity contribution >= 4 is 5.97 Å². The van der Waals surface area contributed by atoms with Crippen molar-refractivity contribution in [2.24, 2.45) is 5.92 Å². The standard InChI is InChI=1S/C16H30N2O3/c1-14(2)9-18(10-15(3,4)21-14)11-16(17-5,12-7-8-12)13(19)20-6/h12,17H,7-11H2,1-6H3. The zero-order chi connectivity index (χ0) is 15.9. The Balaban J connectivity index is 2.18. The maximum Gasteiger partial charge on any atom is 0.327 e. The molecular formula is C16H30N2O3. The first-order valence-electron chi connectivity index (χ1n) is 7.84. The lowest BCUT2D eigenvalue weighted by Gasteiger charge is -2.49. The van der Waals surface area contributed by atoms with E-state index in [-0.39, 0.29) is 17.2 Å². The van der Waals surface area contributed by atoms with Gasteiger partial charge in [-0.3, -0.25) is 4.90 Å². The number of morpholine rings is 1. The molecule has 122 valence electrons. The largest absolute Gasteiger partial charge is 0.468 e. The highest BCUT2D eigenvalue weighted by Gasteiger charge is 2.53. The number of ether oxygens (including phenoxy) is 2. The molecule has 0 aromatic rings. The summed E-state index contributed by atoms with van der Waals surface area (Å²) in [7, 11) is 3.34. The summed E-state index contributed by atoms with van der Waals surface area (Å²) in [6.45, 7) is 10.8. The highest BCUT2D eigenvalue weighted by Crippen LogP contribution is 2.41. The van der Waals surface area contributed by atoms with E-state index in [9.17, 15) is 4.79 Å². The fourth-order valence-corrected chi connectivity index (χ4v) is 3.91. The van der Waals surface area contributed by atoms with Crippen LogP contribution in [-0.4, -0.2) is 61.4 Å². The topological polar surface area (TPSA) is 50.8 Å². The minimum Gasteiger partial charge on any atom is -0.468 e. The van der Waals surface area contributed by atoms with Gasteiger partial charge in [0, 0.05) is 19.6 Å². The molecule has 0 radical (unpaired) electrons. The molecule has 1 N–H and O–H groups in total. The Kier molecular flexibility index (Phi) is 4.40. The molecule has 5 heteroatoms. The van der Waals surface area contributed by atoms with Crippen LogP contribution in [0.25, 0.3) is 0 Å². The molecule has 1 aliphatic heterocycles. The number of esters is 1. The van der Waals surface area contributed by atoms with Gasteiger partial charge in [0.25, 0.3) is 0 Å². The van der Waals surface area contributed by atoms with Gasteiger partial charge < -0.3 is 14.8 Å². The third-order valence-corrected chi connectivity index (χ3v) is 4.50. The van der Waals surface area contributed by atoms with E-state index >= 15 is 0 Å². The van der Waals surface area contributed by atoms with Gasteiger partial charge in [0.05, 0.1) is 18.3 Å². The van der Waals surface area contributed by atoms with Crippen molar-refractivity contribution in [2.75, 3.05) is 33.8 Å². The number of likely N-dealkylation sites (N-methyl/N-ethyl adjacent to an activating group) is 1. The highest BCUT2D eigenvalue weighted by molar-refractivity contribution is 5.82. The molecule has 21 heavy (non-hydrogen) atoms. The van der Waals surface area contributed by atoms with Gasteiger partial charge in [0.2, 0.25) is 0 Å². The number of nitrogens with one attached hydrogen (secondary N) is 1. The van der Waals surface area contributed by atoms with Gasteiger partial charge in [-0.15, -0.1) is 0 Å². The number of hydrogen-bond donors (Lipinski definition) is 1. The van der Waals surface area contributed by atoms with Crippen molar-refractivity contribution < 1.29 is 14.3 Å². The summed E-state index contributed by atoms with van der Waals surface area (Å²) < 4.78 is 11.2. The van der Waals surface area contributed by atoms with Crippen molar-refractivity contribution in [1.29, 1.82) is 0 Å². The molecule has 0 bridgehead atoms. The zero-order valence-corrected chi connectivity index (χ0v) is 14.3. The van der Waals surface area contributed by atoms with Gasteiger partial charge in [0.1, 0.15) is 5.54 Å². The quantitative estimate of drug-likeness (QED) is 0.778. The van der Waals surface area contributed by atoms with Gasteiger partial charge in [-0.25, -0.2) is 4.79 Å². The van der Waals surface area contributed by atoms with E-state index in [1.165, 1.54) is 7.11 Å². The van der Waals surface area contributed by atoms with Crippen molar-refractivity contribution in [2.45, 2.75) is 57.3 Å². The third kappa shape index (κ3) is 3.58. The summed E-state index contributed by atoms with van der Waals surface area (Å²) in [6, 6.07) is 0. The smallest absolute Gasteiger partial charge is 0.327 e. The molecule has 2 rings (SSSR count). The summed E-state index contributed by atoms with van der Waals surface area (Å²) in [4.78, 5) is 14.7. The third-order valence-electron chi connectivity index (χ3n) is 4.50. The van der Waals surface area contributed by atoms with Gasteiger partial charge in [-0.05, 0) is 53.5 Å². The molecule has 0 amide bonds. The van der Waals surface area contributed by atoms with E-state index in [0.29, 0.717) is 12.5 Å². The van der Waals surface area contributed by atoms with Gasteiger partial charge in [-0.1, -0.05) is 0 Å². The Bertz CT molecular complexity index is 388. The summed E-state index contributed by atoms with van der Waals surface area (Å²) in [5.74, 6) is 0.235. The summed E-state index contributed by atoms with van der Waals surface area (Å²) in [5, 5.41) is 3.27. The van der Waals surface area contributed by atoms with Crippen LogP contribution in [0, 0.1) is 5.92 Å². The molecule has 0 spiro atoms. The molecule has 1 heterocycles. The molecular weight excluding hydrogens is 268 g/mol. The van der Waals surface area contributed by atoms with E-state index < -0.39 is 5.54 Å². The van der Waals surface area contributed by atoms with Crippen LogP contribution in [-0.2, 0) is 14.3 Å². The average molecular weight is 298 g/mol. The maximum atomic E-state index is 12.4. The van der Waals surface area contributed by atoms with Crippen LogP contribution >= 0.6 is 0 Å². The highest BCUT2D eigenvalue weighted by atomic mass is 16.5. The van der Waals surface area contributed by atoms with Crippen molar-refractivity contribution in [3.63, 3.8) is 0 Å². The Morgan fingerprint density at radius 3 is 2.19 bits per heavy atom. The van der Waals surface area contributed by atoms with Crippen molar-refractivity contribution in [3.05, 3.63) is 0 Å². The van der Waals surface area contributed by atoms with Crippen LogP contribution in [0.15, 0.2) is 0 Å². The lowest BCUT2D eigenvalue weighted by molar-refractivity contribution is -0.186. The lowest BCUT2D eigenvalue weighted by Crippen LogP contribution is -2.65. The molecule has 2 aliphatic rings. The SMILES string of the molecule is CNC(CN1CC(C)(C)OC(C)(C)C1)(C(=O)OC)C1CC1. The van der Waals surface area contributed by atoms with Crippen LogP contribution in [0.4, 0.5) is 0 Å². The first-order valence-corrected chi connectivity index (χ1v) is 7.84. The molecule has 1 saturated carbocycles. The normalized spacial score (nSPS) is 27.9. The number of methoxy groups -OCH3 is 1. The monoisotopic (exact) mass is 298 g/mol. The molecule has 1 atom stereocenters. The number of carbonyl (C=O) groups is 1. The van der Waals surface area contributed by atoms with E-state index in [0.717, 1.165) is 25.9 Å². The number of hydrogen-bond acceptors (Lipinski definition) is 5. The van der Waals surface area contributed by atoms with Crippen LogP contribution in [0.2, 0.25) is 0 Å². The first-order chi connectivity index (χ1) is 9.64. The predicted octanol–water partition coefficient (Wildman–Crippen LogP) is 1.42. The van der Waals surface area contributed by atoms with Crippen molar-refractivity contribution in [3.8, 4) is 0 Å². The second-order valence-electron chi connectivity index (χ2n) is 7.75. The fourth-order valence-electron chi connectivity index (χ4n) is 3.91. The summed E-state index contributed by atoms with van der Waals surface area (Å²) in [6.07, 6.45) is 2.18. The molecule has 0 aromatic heterocycles. The van der Waals surface area contributed by atoms with Crippen LogP contribution in [0.5, 0.6) is 0 Å². The predicted molar refractivity (Wildman–Crippen MR) is 82.2 cm³/mol. The molecule has 5 nitrogen and oxygen atoms in total. The average Bonchev–Trinajstić information content (AvgIpc) is 3.15. The number of carbonyl (C=O) groups excluding carboxylic acids is 1. The van der Waals surface area contributed by atoms with Gasteiger partial charge in [0.15, 0.2) is 0 Å². The zero-order valence-electron chi connectivity index (χ0n) is 14.3. The molecule has 2 fully saturated rings. The van der Waals surface area contributed by atoms with E-state index in [1.54, 1.807) is 0 Å². The van der Waals surface area contributed by atoms with Gasteiger partial charge >= 0.3 is 5.97 Å². The summed E-state index contributed by atoms with van der Waals surface area (Å²) in [5.41, 5.74) is -1.000. The fraction of sp³-hybridized carbons (Fsp3) is 0.938. The first kappa shape index (κ1) is 16.7. The van der Waals surface area contributed by atoms with E-state index in [2.05, 4.69) is 37.9 Å². The Morgan fingerprint density at radius 2 is 1.81 bits per heavy atom. The van der Waals surface area contributed by atoms with E-state index in [1.807, 2.05) is 7.05 Å². The van der Waals surface area contributed by atoms with Crippen LogP contribution in [0.1, 0.15) is 40.5 Å². The van der Waals surface area contributed by atoms with Crippen LogP contribution in [0.3, 0.4) is 0 Å². The summed E-state index contributed by atoms with van der Waals surface area (Å²) >= 11 is 0. The molecule has 0 aromatic carbocycles. The molecule has 1 unspecified atom stereocenters. The van der Waals surface area contributed by atoms with Crippen LogP contribution < -0.4 is 5.32 Å². The Hall–Kier alpha value is -0.650. The molecule has 1 saturated heterocycles. The minimum atomic E-state index is -0.585. The molecule has 1 aliphatic carbocycles. The number of rotatable bonds is 5. The second kappa shape index (κ2) is 5.52. The van der Waals surface area contributed by atoms with Gasteiger partial charge in [-0.2, -0.15) is 0 Å². The maximum absolute atomic E-state index is 12.4.